The summed E-state index contributed by atoms with van der Waals surface area (Å²) in [6.07, 6.45) is 6.95. The van der Waals surface area contributed by atoms with E-state index >= 15 is 0 Å². The van der Waals surface area contributed by atoms with Crippen molar-refractivity contribution in [2.45, 2.75) is 49.0 Å². The molecule has 134 valence electrons. The number of aromatic amines is 1. The van der Waals surface area contributed by atoms with Gasteiger partial charge >= 0.3 is 0 Å². The van der Waals surface area contributed by atoms with E-state index in [2.05, 4.69) is 4.98 Å². The number of carbonyl (C=O) groups is 1. The van der Waals surface area contributed by atoms with E-state index in [0.717, 1.165) is 48.6 Å². The van der Waals surface area contributed by atoms with Crippen molar-refractivity contribution in [1.82, 2.24) is 9.88 Å². The number of H-pyrrole nitrogens is 1. The largest absolute Gasteiger partial charge is 0.361 e. The summed E-state index contributed by atoms with van der Waals surface area (Å²) in [5.74, 6) is 0.0137. The van der Waals surface area contributed by atoms with Crippen molar-refractivity contribution in [2.75, 3.05) is 13.1 Å². The maximum absolute atomic E-state index is 12.7. The Morgan fingerprint density at radius 3 is 2.56 bits per heavy atom. The maximum atomic E-state index is 12.7. The van der Waals surface area contributed by atoms with Crippen molar-refractivity contribution >= 4 is 26.6 Å². The van der Waals surface area contributed by atoms with E-state index in [1.54, 1.807) is 4.90 Å². The molecule has 1 aromatic heterocycles. The van der Waals surface area contributed by atoms with Gasteiger partial charge in [0.05, 0.1) is 16.9 Å². The Bertz CT molecular complexity index is 875. The molecule has 1 aromatic carbocycles. The molecule has 2 heterocycles. The van der Waals surface area contributed by atoms with Gasteiger partial charge in [0, 0.05) is 30.2 Å². The summed E-state index contributed by atoms with van der Waals surface area (Å²) >= 11 is 0. The van der Waals surface area contributed by atoms with Crippen LogP contribution in [-0.2, 0) is 21.1 Å². The lowest BCUT2D eigenvalue weighted by atomic mass is 10.0. The minimum Gasteiger partial charge on any atom is -0.361 e. The summed E-state index contributed by atoms with van der Waals surface area (Å²) in [6.45, 7) is 0.722. The molecule has 25 heavy (non-hydrogen) atoms. The number of sulfone groups is 1. The van der Waals surface area contributed by atoms with Gasteiger partial charge in [0.25, 0.3) is 0 Å². The highest BCUT2D eigenvalue weighted by atomic mass is 32.2. The topological polar surface area (TPSA) is 70.2 Å². The number of nitrogens with zero attached hydrogens (tertiary/aromatic N) is 1. The number of nitrogens with one attached hydrogen (secondary N) is 1. The first-order valence-corrected chi connectivity index (χ1v) is 10.7. The van der Waals surface area contributed by atoms with E-state index in [0.29, 0.717) is 19.5 Å². The Kier molecular flexibility index (Phi) is 4.31. The molecule has 1 saturated heterocycles. The van der Waals surface area contributed by atoms with Crippen LogP contribution < -0.4 is 0 Å². The number of hydrogen-bond donors (Lipinski definition) is 1. The van der Waals surface area contributed by atoms with Gasteiger partial charge in [0.15, 0.2) is 9.84 Å². The van der Waals surface area contributed by atoms with E-state index in [1.165, 1.54) is 0 Å². The molecule has 6 heteroatoms. The van der Waals surface area contributed by atoms with Crippen LogP contribution in [0.25, 0.3) is 10.9 Å². The highest BCUT2D eigenvalue weighted by Crippen LogP contribution is 2.30. The minimum atomic E-state index is -3.09. The summed E-state index contributed by atoms with van der Waals surface area (Å²) in [7, 11) is -3.09. The third-order valence-corrected chi connectivity index (χ3v) is 8.33. The van der Waals surface area contributed by atoms with Crippen LogP contribution >= 0.6 is 0 Å². The molecule has 1 aliphatic carbocycles. The first-order chi connectivity index (χ1) is 12.1. The number of aromatic nitrogens is 1. The number of hydrogen-bond acceptors (Lipinski definition) is 3. The van der Waals surface area contributed by atoms with Crippen LogP contribution in [0.3, 0.4) is 0 Å². The lowest BCUT2D eigenvalue weighted by molar-refractivity contribution is -0.133. The number of para-hydroxylation sites is 1. The molecule has 2 aliphatic rings. The van der Waals surface area contributed by atoms with Crippen molar-refractivity contribution in [3.05, 3.63) is 36.0 Å². The lowest BCUT2D eigenvalue weighted by Gasteiger charge is -2.41. The quantitative estimate of drug-likeness (QED) is 0.911. The van der Waals surface area contributed by atoms with Crippen LogP contribution in [0.15, 0.2) is 30.5 Å². The van der Waals surface area contributed by atoms with E-state index in [4.69, 9.17) is 0 Å². The van der Waals surface area contributed by atoms with Crippen molar-refractivity contribution in [2.24, 2.45) is 0 Å². The van der Waals surface area contributed by atoms with Gasteiger partial charge in [0.1, 0.15) is 0 Å². The molecular weight excluding hydrogens is 336 g/mol. The number of benzene rings is 1. The smallest absolute Gasteiger partial charge is 0.227 e. The lowest BCUT2D eigenvalue weighted by Crippen LogP contribution is -2.59. The molecule has 0 radical (unpaired) electrons. The Morgan fingerprint density at radius 2 is 1.80 bits per heavy atom. The second-order valence-electron chi connectivity index (χ2n) is 7.31. The predicted octanol–water partition coefficient (Wildman–Crippen LogP) is 2.67. The Morgan fingerprint density at radius 1 is 1.08 bits per heavy atom. The summed E-state index contributed by atoms with van der Waals surface area (Å²) < 4.78 is 25.4. The van der Waals surface area contributed by atoms with Crippen molar-refractivity contribution < 1.29 is 13.2 Å². The van der Waals surface area contributed by atoms with Gasteiger partial charge in [-0.3, -0.25) is 4.79 Å². The third kappa shape index (κ3) is 3.08. The normalized spacial score (nSPS) is 19.9. The average Bonchev–Trinajstić information content (AvgIpc) is 2.97. The van der Waals surface area contributed by atoms with Gasteiger partial charge in [-0.1, -0.05) is 37.5 Å². The third-order valence-electron chi connectivity index (χ3n) is 5.70. The molecule has 1 amide bonds. The molecule has 1 N–H and O–H groups in total. The molecular formula is C19H24N2O3S. The van der Waals surface area contributed by atoms with Crippen LogP contribution in [0.1, 0.15) is 37.7 Å². The van der Waals surface area contributed by atoms with E-state index < -0.39 is 9.84 Å². The van der Waals surface area contributed by atoms with Crippen LogP contribution in [-0.4, -0.2) is 47.8 Å². The zero-order valence-corrected chi connectivity index (χ0v) is 15.1. The summed E-state index contributed by atoms with van der Waals surface area (Å²) in [5, 5.41) is 0.516. The number of likely N-dealkylation sites (tertiary alicyclic amines) is 1. The monoisotopic (exact) mass is 360 g/mol. The fourth-order valence-electron chi connectivity index (χ4n) is 4.07. The first kappa shape index (κ1) is 16.6. The Balaban J connectivity index is 1.38. The summed E-state index contributed by atoms with van der Waals surface area (Å²) in [4.78, 5) is 17.4. The Hall–Kier alpha value is -1.82. The maximum Gasteiger partial charge on any atom is 0.227 e. The van der Waals surface area contributed by atoms with Gasteiger partial charge in [-0.25, -0.2) is 8.42 Å². The zero-order valence-electron chi connectivity index (χ0n) is 14.3. The van der Waals surface area contributed by atoms with E-state index in [1.807, 2.05) is 30.5 Å². The molecule has 0 unspecified atom stereocenters. The number of carbonyl (C=O) groups excluding carboxylic acids is 1. The minimum absolute atomic E-state index is 0.0137. The van der Waals surface area contributed by atoms with Crippen LogP contribution in [0.5, 0.6) is 0 Å². The van der Waals surface area contributed by atoms with Gasteiger partial charge in [-0.15, -0.1) is 0 Å². The number of fused-ring (bicyclic) bond motifs is 1. The van der Waals surface area contributed by atoms with Crippen LogP contribution in [0, 0.1) is 0 Å². The summed E-state index contributed by atoms with van der Waals surface area (Å²) in [5.41, 5.74) is 1.99. The Labute approximate surface area is 148 Å². The molecule has 4 rings (SSSR count). The van der Waals surface area contributed by atoms with Crippen LogP contribution in [0.2, 0.25) is 0 Å². The zero-order chi connectivity index (χ0) is 17.4. The van der Waals surface area contributed by atoms with Crippen molar-refractivity contribution in [1.29, 1.82) is 0 Å². The van der Waals surface area contributed by atoms with Gasteiger partial charge in [-0.05, 0) is 24.5 Å². The van der Waals surface area contributed by atoms with Gasteiger partial charge < -0.3 is 9.88 Å². The molecule has 5 nitrogen and oxygen atoms in total. The predicted molar refractivity (Wildman–Crippen MR) is 98.2 cm³/mol. The molecule has 2 fully saturated rings. The molecule has 0 spiro atoms. The van der Waals surface area contributed by atoms with Crippen molar-refractivity contribution in [3.8, 4) is 0 Å². The molecule has 0 atom stereocenters. The molecule has 1 aliphatic heterocycles. The molecule has 1 saturated carbocycles. The number of amides is 1. The molecule has 0 bridgehead atoms. The average molecular weight is 360 g/mol. The van der Waals surface area contributed by atoms with Gasteiger partial charge in [0.2, 0.25) is 5.91 Å². The second-order valence-corrected chi connectivity index (χ2v) is 9.82. The molecule has 2 aromatic rings. The highest BCUT2D eigenvalue weighted by Gasteiger charge is 2.43. The highest BCUT2D eigenvalue weighted by molar-refractivity contribution is 7.92. The summed E-state index contributed by atoms with van der Waals surface area (Å²) in [6, 6.07) is 7.90. The first-order valence-electron chi connectivity index (χ1n) is 9.11. The van der Waals surface area contributed by atoms with Crippen LogP contribution in [0.4, 0.5) is 0 Å². The fraction of sp³-hybridized carbons (Fsp3) is 0.526. The fourth-order valence-corrected chi connectivity index (χ4v) is 6.38. The van der Waals surface area contributed by atoms with Gasteiger partial charge in [-0.2, -0.15) is 0 Å². The van der Waals surface area contributed by atoms with Crippen molar-refractivity contribution in [3.63, 3.8) is 0 Å². The number of rotatable bonds is 4. The van der Waals surface area contributed by atoms with E-state index in [-0.39, 0.29) is 16.4 Å². The van der Waals surface area contributed by atoms with E-state index in [9.17, 15) is 13.2 Å². The SMILES string of the molecule is O=C(Cc1c[nH]c2ccccc12)N1CC(S(=O)(=O)C2CCCCC2)C1. The second kappa shape index (κ2) is 6.48. The standard InChI is InChI=1S/C19H24N2O3S/c22-19(10-14-11-20-18-9-5-4-8-17(14)18)21-12-16(13-21)25(23,24)15-6-2-1-3-7-15/h4-5,8-9,11,15-16,20H,1-3,6-7,10,12-13H2.